The molecule has 1 fully saturated rings. The third-order valence-corrected chi connectivity index (χ3v) is 4.40. The topological polar surface area (TPSA) is 135 Å². The van der Waals surface area contributed by atoms with Crippen molar-refractivity contribution in [3.63, 3.8) is 0 Å². The number of carbonyl (C=O) groups excluding carboxylic acids is 2. The van der Waals surface area contributed by atoms with Crippen LogP contribution in [0.3, 0.4) is 0 Å². The van der Waals surface area contributed by atoms with Gasteiger partial charge in [0.15, 0.2) is 11.6 Å². The molecule has 1 atom stereocenters. The number of amides is 1. The van der Waals surface area contributed by atoms with Gasteiger partial charge in [-0.1, -0.05) is 6.07 Å². The first-order valence-corrected chi connectivity index (χ1v) is 9.09. The standard InChI is InChI=1S/C18H23N7O3/c1-2-28-18(27)12-6-5-9-25(10-12)16-14(19)15(21-11-22-16)23-24-17(26)13-7-3-4-8-20-13/h3-4,7-8,11-12H,2,5-6,9-10,19H2,1H3,(H,24,26)(H,21,22,23). The van der Waals surface area contributed by atoms with Gasteiger partial charge in [-0.3, -0.25) is 25.4 Å². The maximum atomic E-state index is 12.1. The SMILES string of the molecule is CCOC(=O)C1CCCN(c2ncnc(NNC(=O)c3ccccn3)c2N)C1. The Hall–Kier alpha value is -3.43. The van der Waals surface area contributed by atoms with Crippen LogP contribution in [-0.4, -0.2) is 46.5 Å². The van der Waals surface area contributed by atoms with E-state index in [0.29, 0.717) is 19.0 Å². The summed E-state index contributed by atoms with van der Waals surface area (Å²) in [4.78, 5) is 38.4. The fraction of sp³-hybridized carbons (Fsp3) is 0.389. The second kappa shape index (κ2) is 8.98. The lowest BCUT2D eigenvalue weighted by Crippen LogP contribution is -2.40. The van der Waals surface area contributed by atoms with Gasteiger partial charge in [-0.25, -0.2) is 9.97 Å². The molecule has 0 saturated carbocycles. The highest BCUT2D eigenvalue weighted by molar-refractivity contribution is 5.93. The minimum Gasteiger partial charge on any atom is -0.466 e. The van der Waals surface area contributed by atoms with Crippen molar-refractivity contribution in [2.75, 3.05) is 35.8 Å². The van der Waals surface area contributed by atoms with Gasteiger partial charge in [0.1, 0.15) is 17.7 Å². The van der Waals surface area contributed by atoms with Crippen LogP contribution in [0.15, 0.2) is 30.7 Å². The fourth-order valence-corrected chi connectivity index (χ4v) is 3.04. The number of hydrazine groups is 1. The Kier molecular flexibility index (Phi) is 6.20. The predicted molar refractivity (Wildman–Crippen MR) is 103 cm³/mol. The zero-order chi connectivity index (χ0) is 19.9. The van der Waals surface area contributed by atoms with Gasteiger partial charge in [0.2, 0.25) is 0 Å². The number of nitrogens with zero attached hydrogens (tertiary/aromatic N) is 4. The van der Waals surface area contributed by atoms with Crippen LogP contribution >= 0.6 is 0 Å². The van der Waals surface area contributed by atoms with Crippen LogP contribution in [0, 0.1) is 5.92 Å². The zero-order valence-electron chi connectivity index (χ0n) is 15.6. The normalized spacial score (nSPS) is 16.3. The zero-order valence-corrected chi connectivity index (χ0v) is 15.6. The first kappa shape index (κ1) is 19.3. The molecule has 3 heterocycles. The first-order chi connectivity index (χ1) is 13.6. The third kappa shape index (κ3) is 4.45. The van der Waals surface area contributed by atoms with Crippen molar-refractivity contribution in [3.05, 3.63) is 36.4 Å². The molecular formula is C18H23N7O3. The number of carbonyl (C=O) groups is 2. The Morgan fingerprint density at radius 3 is 2.93 bits per heavy atom. The molecule has 4 N–H and O–H groups in total. The number of aromatic nitrogens is 3. The summed E-state index contributed by atoms with van der Waals surface area (Å²) in [6, 6.07) is 5.03. The van der Waals surface area contributed by atoms with Gasteiger partial charge in [-0.15, -0.1) is 0 Å². The van der Waals surface area contributed by atoms with E-state index in [1.165, 1.54) is 12.5 Å². The summed E-state index contributed by atoms with van der Waals surface area (Å²) in [5, 5.41) is 0. The molecular weight excluding hydrogens is 362 g/mol. The van der Waals surface area contributed by atoms with E-state index in [9.17, 15) is 9.59 Å². The predicted octanol–water partition coefficient (Wildman–Crippen LogP) is 0.990. The highest BCUT2D eigenvalue weighted by atomic mass is 16.5. The van der Waals surface area contributed by atoms with E-state index in [-0.39, 0.29) is 29.1 Å². The second-order valence-electron chi connectivity index (χ2n) is 6.29. The molecule has 0 aromatic carbocycles. The Morgan fingerprint density at radius 2 is 2.18 bits per heavy atom. The van der Waals surface area contributed by atoms with Gasteiger partial charge in [0.05, 0.1) is 12.5 Å². The highest BCUT2D eigenvalue weighted by Gasteiger charge is 2.29. The molecule has 3 rings (SSSR count). The number of hydrogen-bond acceptors (Lipinski definition) is 9. The van der Waals surface area contributed by atoms with Crippen LogP contribution in [-0.2, 0) is 9.53 Å². The van der Waals surface area contributed by atoms with Crippen molar-refractivity contribution in [2.24, 2.45) is 5.92 Å². The van der Waals surface area contributed by atoms with E-state index in [4.69, 9.17) is 10.5 Å². The summed E-state index contributed by atoms with van der Waals surface area (Å²) >= 11 is 0. The van der Waals surface area contributed by atoms with Gasteiger partial charge in [0.25, 0.3) is 5.91 Å². The molecule has 1 amide bonds. The number of anilines is 3. The van der Waals surface area contributed by atoms with Crippen LogP contribution in [0.4, 0.5) is 17.3 Å². The van der Waals surface area contributed by atoms with E-state index in [1.807, 2.05) is 4.90 Å². The monoisotopic (exact) mass is 385 g/mol. The molecule has 2 aromatic heterocycles. The Bertz CT molecular complexity index is 831. The smallest absolute Gasteiger partial charge is 0.310 e. The van der Waals surface area contributed by atoms with Crippen molar-refractivity contribution in [2.45, 2.75) is 19.8 Å². The number of nitrogens with one attached hydrogen (secondary N) is 2. The third-order valence-electron chi connectivity index (χ3n) is 4.40. The molecule has 0 aliphatic carbocycles. The van der Waals surface area contributed by atoms with Crippen LogP contribution in [0.5, 0.6) is 0 Å². The number of rotatable bonds is 6. The van der Waals surface area contributed by atoms with Gasteiger partial charge in [-0.05, 0) is 31.9 Å². The van der Waals surface area contributed by atoms with E-state index >= 15 is 0 Å². The number of piperidine rings is 1. The molecule has 0 bridgehead atoms. The Balaban J connectivity index is 1.68. The molecule has 0 radical (unpaired) electrons. The van der Waals surface area contributed by atoms with Crippen LogP contribution in [0.25, 0.3) is 0 Å². The maximum absolute atomic E-state index is 12.1. The number of ether oxygens (including phenoxy) is 1. The van der Waals surface area contributed by atoms with Gasteiger partial charge < -0.3 is 15.4 Å². The maximum Gasteiger partial charge on any atom is 0.310 e. The summed E-state index contributed by atoms with van der Waals surface area (Å²) in [5.74, 6) is -0.0595. The lowest BCUT2D eigenvalue weighted by molar-refractivity contribution is -0.148. The number of nitrogen functional groups attached to an aromatic ring is 1. The number of nitrogens with two attached hydrogens (primary N) is 1. The molecule has 0 spiro atoms. The summed E-state index contributed by atoms with van der Waals surface area (Å²) in [6.45, 7) is 3.34. The molecule has 1 unspecified atom stereocenters. The van der Waals surface area contributed by atoms with Gasteiger partial charge in [0, 0.05) is 19.3 Å². The summed E-state index contributed by atoms with van der Waals surface area (Å²) in [6.07, 6.45) is 4.48. The number of pyridine rings is 1. The highest BCUT2D eigenvalue weighted by Crippen LogP contribution is 2.29. The van der Waals surface area contributed by atoms with Gasteiger partial charge in [-0.2, -0.15) is 0 Å². The summed E-state index contributed by atoms with van der Waals surface area (Å²) in [5.41, 5.74) is 12.0. The largest absolute Gasteiger partial charge is 0.466 e. The van der Waals surface area contributed by atoms with Crippen LogP contribution in [0.2, 0.25) is 0 Å². The van der Waals surface area contributed by atoms with E-state index in [2.05, 4.69) is 25.8 Å². The average molecular weight is 385 g/mol. The van der Waals surface area contributed by atoms with E-state index < -0.39 is 5.91 Å². The van der Waals surface area contributed by atoms with Crippen molar-refractivity contribution >= 4 is 29.2 Å². The molecule has 1 aliphatic rings. The average Bonchev–Trinajstić information content (AvgIpc) is 2.73. The molecule has 148 valence electrons. The first-order valence-electron chi connectivity index (χ1n) is 9.09. The van der Waals surface area contributed by atoms with Crippen molar-refractivity contribution in [1.29, 1.82) is 0 Å². The lowest BCUT2D eigenvalue weighted by atomic mass is 9.98. The molecule has 1 aliphatic heterocycles. The molecule has 1 saturated heterocycles. The van der Waals surface area contributed by atoms with E-state index in [0.717, 1.165) is 19.4 Å². The fourth-order valence-electron chi connectivity index (χ4n) is 3.04. The molecule has 10 nitrogen and oxygen atoms in total. The molecule has 10 heteroatoms. The minimum atomic E-state index is -0.416. The number of hydrogen-bond donors (Lipinski definition) is 3. The molecule has 28 heavy (non-hydrogen) atoms. The second-order valence-corrected chi connectivity index (χ2v) is 6.29. The minimum absolute atomic E-state index is 0.208. The quantitative estimate of drug-likeness (QED) is 0.491. The Morgan fingerprint density at radius 1 is 1.32 bits per heavy atom. The lowest BCUT2D eigenvalue weighted by Gasteiger charge is -2.33. The van der Waals surface area contributed by atoms with E-state index in [1.54, 1.807) is 25.1 Å². The van der Waals surface area contributed by atoms with Crippen molar-refractivity contribution in [3.8, 4) is 0 Å². The van der Waals surface area contributed by atoms with Crippen molar-refractivity contribution < 1.29 is 14.3 Å². The summed E-state index contributed by atoms with van der Waals surface area (Å²) in [7, 11) is 0. The Labute approximate surface area is 162 Å². The molecule has 2 aromatic rings. The van der Waals surface area contributed by atoms with Crippen LogP contribution in [0.1, 0.15) is 30.3 Å². The number of esters is 1. The van der Waals surface area contributed by atoms with Crippen molar-refractivity contribution in [1.82, 2.24) is 20.4 Å². The van der Waals surface area contributed by atoms with Crippen LogP contribution < -0.4 is 21.5 Å². The summed E-state index contributed by atoms with van der Waals surface area (Å²) < 4.78 is 5.13. The van der Waals surface area contributed by atoms with Gasteiger partial charge >= 0.3 is 5.97 Å².